The number of aliphatic hydroxyl groups is 10. The van der Waals surface area contributed by atoms with Crippen molar-refractivity contribution in [3.8, 4) is 0 Å². The maximum atomic E-state index is 11.9. The van der Waals surface area contributed by atoms with Crippen LogP contribution in [0.15, 0.2) is 0 Å². The van der Waals surface area contributed by atoms with Gasteiger partial charge in [0.05, 0.1) is 25.6 Å². The summed E-state index contributed by atoms with van der Waals surface area (Å²) in [6.45, 7) is 0.0764. The third-order valence-electron chi connectivity index (χ3n) is 7.02. The first-order chi connectivity index (χ1) is 19.5. The van der Waals surface area contributed by atoms with Crippen LogP contribution >= 0.6 is 11.8 Å². The van der Waals surface area contributed by atoms with E-state index in [1.807, 2.05) is 6.92 Å². The van der Waals surface area contributed by atoms with Gasteiger partial charge in [-0.2, -0.15) is 0 Å². The number of ether oxygens (including phenoxy) is 5. The lowest BCUT2D eigenvalue weighted by atomic mass is 9.96. The minimum Gasteiger partial charge on any atom is -0.394 e. The fourth-order valence-electron chi connectivity index (χ4n) is 4.65. The second-order valence-electron chi connectivity index (χ2n) is 9.97. The highest BCUT2D eigenvalue weighted by molar-refractivity contribution is 8.00. The lowest BCUT2D eigenvalue weighted by molar-refractivity contribution is -0.371. The molecule has 3 aliphatic heterocycles. The smallest absolute Gasteiger partial charge is 0.230 e. The van der Waals surface area contributed by atoms with Crippen LogP contribution in [0.4, 0.5) is 0 Å². The van der Waals surface area contributed by atoms with Gasteiger partial charge in [-0.1, -0.05) is 6.92 Å². The molecule has 0 aromatic carbocycles. The summed E-state index contributed by atoms with van der Waals surface area (Å²) in [4.78, 5) is 11.9. The normalized spacial score (nSPS) is 45.4. The van der Waals surface area contributed by atoms with Crippen molar-refractivity contribution in [2.45, 2.75) is 105 Å². The zero-order valence-corrected chi connectivity index (χ0v) is 23.0. The zero-order valence-electron chi connectivity index (χ0n) is 22.2. The molecule has 11 N–H and O–H groups in total. The summed E-state index contributed by atoms with van der Waals surface area (Å²) < 4.78 is 27.5. The maximum absolute atomic E-state index is 11.9. The van der Waals surface area contributed by atoms with E-state index in [0.717, 1.165) is 18.2 Å². The molecule has 3 fully saturated rings. The minimum absolute atomic E-state index is 0.0945. The van der Waals surface area contributed by atoms with Gasteiger partial charge in [0.1, 0.15) is 78.7 Å². The van der Waals surface area contributed by atoms with Gasteiger partial charge in [-0.25, -0.2) is 0 Å². The molecule has 41 heavy (non-hydrogen) atoms. The van der Waals surface area contributed by atoms with Crippen LogP contribution in [0.5, 0.6) is 0 Å². The van der Waals surface area contributed by atoms with Crippen molar-refractivity contribution in [2.24, 2.45) is 0 Å². The number of nitrogens with one attached hydrogen (secondary N) is 1. The molecule has 3 aliphatic rings. The lowest BCUT2D eigenvalue weighted by Gasteiger charge is -2.48. The molecule has 3 rings (SSSR count). The number of thioether (sulfide) groups is 1. The van der Waals surface area contributed by atoms with Gasteiger partial charge < -0.3 is 80.1 Å². The molecular weight excluding hydrogens is 578 g/mol. The van der Waals surface area contributed by atoms with Crippen LogP contribution in [0.1, 0.15) is 13.3 Å². The molecule has 0 radical (unpaired) electrons. The summed E-state index contributed by atoms with van der Waals surface area (Å²) in [6.07, 6.45) is -22.2. The Morgan fingerprint density at radius 1 is 0.683 bits per heavy atom. The molecule has 0 spiro atoms. The molecule has 240 valence electrons. The van der Waals surface area contributed by atoms with Crippen molar-refractivity contribution in [2.75, 3.05) is 32.1 Å². The van der Waals surface area contributed by atoms with Crippen molar-refractivity contribution in [3.05, 3.63) is 0 Å². The van der Waals surface area contributed by atoms with E-state index in [9.17, 15) is 55.9 Å². The Kier molecular flexibility index (Phi) is 13.4. The summed E-state index contributed by atoms with van der Waals surface area (Å²) in [6, 6.07) is 0. The number of hydrogen-bond donors (Lipinski definition) is 11. The molecule has 18 heteroatoms. The van der Waals surface area contributed by atoms with Crippen molar-refractivity contribution >= 4 is 17.7 Å². The SMILES string of the molecule is CCCNC(=O)CS[C@@H]1O[C@H](CO)[C@@H](O[C@@H]2O[C@H](CO)[C@@H](O[C@@H]3O[C@H](CO)[C@H](O)[C@H](O)[C@H]3O)[C@H](O)[C@H]2O)[C@H](O)[C@H]1O. The third-order valence-corrected chi connectivity index (χ3v) is 8.17. The molecular formula is C23H41NO16S. The van der Waals surface area contributed by atoms with Crippen LogP contribution in [-0.4, -0.2) is 180 Å². The lowest BCUT2D eigenvalue weighted by Crippen LogP contribution is -2.66. The summed E-state index contributed by atoms with van der Waals surface area (Å²) >= 11 is 0.896. The van der Waals surface area contributed by atoms with E-state index in [2.05, 4.69) is 5.32 Å². The number of carbonyl (C=O) groups excluding carboxylic acids is 1. The van der Waals surface area contributed by atoms with Crippen molar-refractivity contribution in [1.82, 2.24) is 5.32 Å². The van der Waals surface area contributed by atoms with Gasteiger partial charge in [0.25, 0.3) is 0 Å². The highest BCUT2D eigenvalue weighted by Crippen LogP contribution is 2.34. The van der Waals surface area contributed by atoms with Gasteiger partial charge in [-0.15, -0.1) is 11.8 Å². The van der Waals surface area contributed by atoms with E-state index in [1.165, 1.54) is 0 Å². The molecule has 1 amide bonds. The molecule has 0 aromatic heterocycles. The molecule has 0 aromatic rings. The molecule has 15 atom stereocenters. The Morgan fingerprint density at radius 2 is 1.17 bits per heavy atom. The van der Waals surface area contributed by atoms with Gasteiger partial charge in [-0.3, -0.25) is 4.79 Å². The predicted octanol–water partition coefficient (Wildman–Crippen LogP) is -6.31. The van der Waals surface area contributed by atoms with Crippen LogP contribution in [0.25, 0.3) is 0 Å². The van der Waals surface area contributed by atoms with Crippen LogP contribution in [0.3, 0.4) is 0 Å². The summed E-state index contributed by atoms with van der Waals surface area (Å²) in [7, 11) is 0. The molecule has 0 aliphatic carbocycles. The Balaban J connectivity index is 1.65. The van der Waals surface area contributed by atoms with Crippen molar-refractivity contribution < 1.29 is 79.5 Å². The first kappa shape index (κ1) is 34.7. The monoisotopic (exact) mass is 619 g/mol. The van der Waals surface area contributed by atoms with Gasteiger partial charge in [-0.05, 0) is 6.42 Å². The first-order valence-corrected chi connectivity index (χ1v) is 14.3. The Hall–Kier alpha value is -0.780. The topological polar surface area (TPSA) is 278 Å². The van der Waals surface area contributed by atoms with E-state index in [0.29, 0.717) is 6.54 Å². The average molecular weight is 620 g/mol. The highest BCUT2D eigenvalue weighted by Gasteiger charge is 2.53. The molecule has 3 heterocycles. The fraction of sp³-hybridized carbons (Fsp3) is 0.957. The first-order valence-electron chi connectivity index (χ1n) is 13.2. The minimum atomic E-state index is -1.91. The van der Waals surface area contributed by atoms with Gasteiger partial charge >= 0.3 is 0 Å². The van der Waals surface area contributed by atoms with E-state index in [1.54, 1.807) is 0 Å². The number of amides is 1. The van der Waals surface area contributed by atoms with Crippen LogP contribution in [-0.2, 0) is 28.5 Å². The second-order valence-corrected chi connectivity index (χ2v) is 11.1. The molecule has 0 unspecified atom stereocenters. The van der Waals surface area contributed by atoms with E-state index in [4.69, 9.17) is 23.7 Å². The van der Waals surface area contributed by atoms with Crippen LogP contribution in [0.2, 0.25) is 0 Å². The van der Waals surface area contributed by atoms with Gasteiger partial charge in [0.2, 0.25) is 5.91 Å². The summed E-state index contributed by atoms with van der Waals surface area (Å²) in [5.74, 6) is -0.410. The maximum Gasteiger partial charge on any atom is 0.230 e. The molecule has 0 saturated carbocycles. The van der Waals surface area contributed by atoms with Crippen LogP contribution in [0, 0.1) is 0 Å². The molecule has 3 saturated heterocycles. The molecule has 17 nitrogen and oxygen atoms in total. The number of hydrogen-bond acceptors (Lipinski definition) is 17. The number of rotatable bonds is 12. The van der Waals surface area contributed by atoms with Gasteiger partial charge in [0, 0.05) is 6.54 Å². The number of carbonyl (C=O) groups is 1. The Bertz CT molecular complexity index is 810. The van der Waals surface area contributed by atoms with E-state index < -0.39 is 111 Å². The van der Waals surface area contributed by atoms with Crippen molar-refractivity contribution in [3.63, 3.8) is 0 Å². The number of aliphatic hydroxyl groups excluding tert-OH is 10. The Labute approximate surface area is 239 Å². The average Bonchev–Trinajstić information content (AvgIpc) is 2.97. The fourth-order valence-corrected chi connectivity index (χ4v) is 5.65. The zero-order chi connectivity index (χ0) is 30.4. The standard InChI is InChI=1S/C23H41NO16S/c1-2-3-24-11(28)7-41-23-18(35)15(32)20(10(6-27)38-23)40-22-17(34)14(31)19(9(5-26)37-22)39-21-16(33)13(30)12(29)8(4-25)36-21/h8-10,12-23,25-27,29-35H,2-7H2,1H3,(H,24,28)/t8-,9-,10-,12+,13+,14-,15-,16-,17-,18-,19-,20-,21+,22+,23+/m1/s1. The highest BCUT2D eigenvalue weighted by atomic mass is 32.2. The second kappa shape index (κ2) is 15.8. The predicted molar refractivity (Wildman–Crippen MR) is 135 cm³/mol. The van der Waals surface area contributed by atoms with E-state index >= 15 is 0 Å². The van der Waals surface area contributed by atoms with Crippen LogP contribution < -0.4 is 5.32 Å². The third kappa shape index (κ3) is 8.04. The summed E-state index contributed by atoms with van der Waals surface area (Å²) in [5, 5.41) is 105. The quantitative estimate of drug-likeness (QED) is 0.0969. The Morgan fingerprint density at radius 3 is 1.71 bits per heavy atom. The summed E-state index contributed by atoms with van der Waals surface area (Å²) in [5.41, 5.74) is -1.11. The van der Waals surface area contributed by atoms with Crippen molar-refractivity contribution in [1.29, 1.82) is 0 Å². The van der Waals surface area contributed by atoms with E-state index in [-0.39, 0.29) is 11.7 Å². The van der Waals surface area contributed by atoms with Gasteiger partial charge in [0.15, 0.2) is 12.6 Å². The largest absolute Gasteiger partial charge is 0.394 e. The molecule has 0 bridgehead atoms.